The van der Waals surface area contributed by atoms with Crippen LogP contribution in [-0.2, 0) is 12.8 Å². The van der Waals surface area contributed by atoms with Gasteiger partial charge in [0.2, 0.25) is 0 Å². The van der Waals surface area contributed by atoms with Gasteiger partial charge < -0.3 is 11.5 Å². The normalized spacial score (nSPS) is 16.1. The molecule has 17 heavy (non-hydrogen) atoms. The second kappa shape index (κ2) is 4.09. The summed E-state index contributed by atoms with van der Waals surface area (Å²) in [6.45, 7) is 0.487. The quantitative estimate of drug-likeness (QED) is 0.820. The Morgan fingerprint density at radius 3 is 2.88 bits per heavy atom. The van der Waals surface area contributed by atoms with Crippen LogP contribution in [0.3, 0.4) is 0 Å². The van der Waals surface area contributed by atoms with E-state index in [2.05, 4.69) is 12.1 Å². The van der Waals surface area contributed by atoms with Gasteiger partial charge in [-0.2, -0.15) is 0 Å². The van der Waals surface area contributed by atoms with Crippen LogP contribution in [-0.4, -0.2) is 11.5 Å². The number of rotatable bonds is 2. The number of para-hydroxylation sites is 1. The minimum Gasteiger partial charge on any atom is -0.329 e. The molecule has 0 radical (unpaired) electrons. The number of benzene rings is 1. The molecule has 0 fully saturated rings. The fourth-order valence-corrected chi connectivity index (χ4v) is 2.79. The van der Waals surface area contributed by atoms with Gasteiger partial charge in [0, 0.05) is 23.7 Å². The molecule has 3 heteroatoms. The molecule has 1 atom stereocenters. The van der Waals surface area contributed by atoms with E-state index >= 15 is 0 Å². The van der Waals surface area contributed by atoms with Gasteiger partial charge in [-0.1, -0.05) is 18.2 Å². The van der Waals surface area contributed by atoms with Crippen molar-refractivity contribution in [2.45, 2.75) is 25.3 Å². The number of aromatic nitrogens is 1. The number of nitrogens with two attached hydrogens (primary N) is 2. The third kappa shape index (κ3) is 1.63. The monoisotopic (exact) mass is 227 g/mol. The number of hydrogen-bond donors (Lipinski definition) is 2. The summed E-state index contributed by atoms with van der Waals surface area (Å²) >= 11 is 0. The predicted octanol–water partition coefficient (Wildman–Crippen LogP) is 1.68. The summed E-state index contributed by atoms with van der Waals surface area (Å²) in [5.41, 5.74) is 16.8. The topological polar surface area (TPSA) is 64.9 Å². The maximum atomic E-state index is 6.18. The van der Waals surface area contributed by atoms with Gasteiger partial charge in [-0.05, 0) is 36.5 Å². The lowest BCUT2D eigenvalue weighted by Gasteiger charge is -2.17. The molecule has 3 nitrogen and oxygen atoms in total. The highest BCUT2D eigenvalue weighted by atomic mass is 14.8. The van der Waals surface area contributed by atoms with Crippen LogP contribution in [0.25, 0.3) is 10.9 Å². The summed E-state index contributed by atoms with van der Waals surface area (Å²) in [6.07, 6.45) is 3.35. The molecule has 1 aromatic heterocycles. The first-order chi connectivity index (χ1) is 8.31. The Bertz CT molecular complexity index is 563. The van der Waals surface area contributed by atoms with E-state index in [4.69, 9.17) is 16.5 Å². The second-order valence-corrected chi connectivity index (χ2v) is 4.66. The molecule has 2 aromatic rings. The molecule has 0 saturated carbocycles. The average molecular weight is 227 g/mol. The Hall–Kier alpha value is -1.45. The zero-order valence-corrected chi connectivity index (χ0v) is 9.82. The molecular formula is C14H17N3. The van der Waals surface area contributed by atoms with Crippen LogP contribution >= 0.6 is 0 Å². The standard InChI is InChI=1S/C14H17N3/c15-8-11(16)14-9-4-1-2-6-12(9)17-13-7-3-5-10(13)14/h1-2,4,6,11H,3,5,7-8,15-16H2. The van der Waals surface area contributed by atoms with Gasteiger partial charge >= 0.3 is 0 Å². The van der Waals surface area contributed by atoms with Crippen LogP contribution < -0.4 is 11.5 Å². The third-order valence-electron chi connectivity index (χ3n) is 3.59. The lowest BCUT2D eigenvalue weighted by Crippen LogP contribution is -2.22. The van der Waals surface area contributed by atoms with Crippen molar-refractivity contribution in [3.63, 3.8) is 0 Å². The molecule has 0 amide bonds. The molecule has 0 saturated heterocycles. The number of hydrogen-bond acceptors (Lipinski definition) is 3. The molecule has 0 aliphatic heterocycles. The summed E-state index contributed by atoms with van der Waals surface area (Å²) in [6, 6.07) is 8.15. The van der Waals surface area contributed by atoms with Gasteiger partial charge in [0.15, 0.2) is 0 Å². The highest BCUT2D eigenvalue weighted by molar-refractivity contribution is 5.84. The van der Waals surface area contributed by atoms with Crippen molar-refractivity contribution in [1.82, 2.24) is 4.98 Å². The summed E-state index contributed by atoms with van der Waals surface area (Å²) in [5, 5.41) is 1.17. The molecule has 88 valence electrons. The highest BCUT2D eigenvalue weighted by Gasteiger charge is 2.22. The van der Waals surface area contributed by atoms with Crippen molar-refractivity contribution in [3.8, 4) is 0 Å². The van der Waals surface area contributed by atoms with Crippen LogP contribution in [0.15, 0.2) is 24.3 Å². The number of nitrogens with zero attached hydrogens (tertiary/aromatic N) is 1. The van der Waals surface area contributed by atoms with E-state index in [1.165, 1.54) is 28.6 Å². The van der Waals surface area contributed by atoms with Gasteiger partial charge in [-0.15, -0.1) is 0 Å². The maximum absolute atomic E-state index is 6.18. The second-order valence-electron chi connectivity index (χ2n) is 4.66. The molecule has 1 heterocycles. The van der Waals surface area contributed by atoms with Crippen molar-refractivity contribution in [2.24, 2.45) is 11.5 Å². The smallest absolute Gasteiger partial charge is 0.0708 e. The van der Waals surface area contributed by atoms with Gasteiger partial charge in [-0.3, -0.25) is 4.98 Å². The largest absolute Gasteiger partial charge is 0.329 e. The van der Waals surface area contributed by atoms with Gasteiger partial charge in [0.25, 0.3) is 0 Å². The minimum absolute atomic E-state index is 0.0743. The van der Waals surface area contributed by atoms with Gasteiger partial charge in [0.1, 0.15) is 0 Å². The predicted molar refractivity (Wildman–Crippen MR) is 69.8 cm³/mol. The summed E-state index contributed by atoms with van der Waals surface area (Å²) in [4.78, 5) is 4.74. The zero-order valence-electron chi connectivity index (χ0n) is 9.82. The van der Waals surface area contributed by atoms with Crippen molar-refractivity contribution in [2.75, 3.05) is 6.54 Å². The van der Waals surface area contributed by atoms with Crippen LogP contribution in [0.1, 0.15) is 29.3 Å². The first-order valence-corrected chi connectivity index (χ1v) is 6.17. The molecular weight excluding hydrogens is 210 g/mol. The Morgan fingerprint density at radius 2 is 2.06 bits per heavy atom. The van der Waals surface area contributed by atoms with Crippen LogP contribution in [0.2, 0.25) is 0 Å². The Kier molecular flexibility index (Phi) is 2.57. The van der Waals surface area contributed by atoms with Gasteiger partial charge in [-0.25, -0.2) is 0 Å². The van der Waals surface area contributed by atoms with E-state index in [0.717, 1.165) is 18.4 Å². The highest BCUT2D eigenvalue weighted by Crippen LogP contribution is 2.32. The lowest BCUT2D eigenvalue weighted by molar-refractivity contribution is 0.732. The first kappa shape index (κ1) is 10.7. The van der Waals surface area contributed by atoms with Crippen molar-refractivity contribution in [1.29, 1.82) is 0 Å². The number of pyridine rings is 1. The molecule has 1 aliphatic carbocycles. The number of aryl methyl sites for hydroxylation is 1. The third-order valence-corrected chi connectivity index (χ3v) is 3.59. The molecule has 0 bridgehead atoms. The van der Waals surface area contributed by atoms with Crippen molar-refractivity contribution < 1.29 is 0 Å². The molecule has 4 N–H and O–H groups in total. The molecule has 1 aromatic carbocycles. The molecule has 1 unspecified atom stereocenters. The minimum atomic E-state index is -0.0743. The SMILES string of the molecule is NCC(N)c1c2c(nc3ccccc13)CCC2. The summed E-state index contributed by atoms with van der Waals surface area (Å²) < 4.78 is 0. The Morgan fingerprint density at radius 1 is 1.24 bits per heavy atom. The fraction of sp³-hybridized carbons (Fsp3) is 0.357. The van der Waals surface area contributed by atoms with E-state index < -0.39 is 0 Å². The molecule has 0 spiro atoms. The van der Waals surface area contributed by atoms with E-state index in [9.17, 15) is 0 Å². The van der Waals surface area contributed by atoms with Crippen LogP contribution in [0.5, 0.6) is 0 Å². The van der Waals surface area contributed by atoms with Crippen LogP contribution in [0.4, 0.5) is 0 Å². The van der Waals surface area contributed by atoms with E-state index in [-0.39, 0.29) is 6.04 Å². The zero-order chi connectivity index (χ0) is 11.8. The Labute approximate surface area is 101 Å². The summed E-state index contributed by atoms with van der Waals surface area (Å²) in [5.74, 6) is 0. The van der Waals surface area contributed by atoms with Gasteiger partial charge in [0.05, 0.1) is 5.52 Å². The van der Waals surface area contributed by atoms with E-state index in [1.54, 1.807) is 0 Å². The lowest BCUT2D eigenvalue weighted by atomic mass is 9.95. The van der Waals surface area contributed by atoms with E-state index in [0.29, 0.717) is 6.54 Å². The molecule has 3 rings (SSSR count). The summed E-state index contributed by atoms with van der Waals surface area (Å²) in [7, 11) is 0. The number of fused-ring (bicyclic) bond motifs is 2. The molecule has 1 aliphatic rings. The fourth-order valence-electron chi connectivity index (χ4n) is 2.79. The Balaban J connectivity index is 2.35. The van der Waals surface area contributed by atoms with Crippen molar-refractivity contribution in [3.05, 3.63) is 41.1 Å². The van der Waals surface area contributed by atoms with Crippen molar-refractivity contribution >= 4 is 10.9 Å². The van der Waals surface area contributed by atoms with E-state index in [1.807, 2.05) is 12.1 Å². The first-order valence-electron chi connectivity index (χ1n) is 6.17. The average Bonchev–Trinajstić information content (AvgIpc) is 2.82. The maximum Gasteiger partial charge on any atom is 0.0708 e. The van der Waals surface area contributed by atoms with Crippen LogP contribution in [0, 0.1) is 0 Å².